The molecule has 1 unspecified atom stereocenters. The zero-order valence-electron chi connectivity index (χ0n) is 13.7. The van der Waals surface area contributed by atoms with E-state index in [1.807, 2.05) is 19.1 Å². The van der Waals surface area contributed by atoms with Crippen LogP contribution in [0.5, 0.6) is 5.75 Å². The molecule has 0 aliphatic carbocycles. The highest BCUT2D eigenvalue weighted by atomic mass is 16.5. The lowest BCUT2D eigenvalue weighted by Gasteiger charge is -2.40. The highest BCUT2D eigenvalue weighted by molar-refractivity contribution is 5.49. The van der Waals surface area contributed by atoms with E-state index in [-0.39, 0.29) is 11.5 Å². The number of rotatable bonds is 5. The summed E-state index contributed by atoms with van der Waals surface area (Å²) < 4.78 is 5.20. The fraction of sp³-hybridized carbons (Fsp3) is 0.647. The SMILES string of the molecule is COc1ccc(N2CCN(CC(C)(C)C(C)O)CC2)cc1. The van der Waals surface area contributed by atoms with Crippen molar-refractivity contribution in [3.05, 3.63) is 24.3 Å². The van der Waals surface area contributed by atoms with Gasteiger partial charge < -0.3 is 14.7 Å². The van der Waals surface area contributed by atoms with Gasteiger partial charge in [0.1, 0.15) is 5.75 Å². The predicted octanol–water partition coefficient (Wildman–Crippen LogP) is 2.22. The minimum Gasteiger partial charge on any atom is -0.497 e. The van der Waals surface area contributed by atoms with E-state index in [0.717, 1.165) is 38.5 Å². The van der Waals surface area contributed by atoms with Crippen LogP contribution < -0.4 is 9.64 Å². The lowest BCUT2D eigenvalue weighted by molar-refractivity contribution is 0.0330. The van der Waals surface area contributed by atoms with Crippen molar-refractivity contribution in [1.82, 2.24) is 4.90 Å². The summed E-state index contributed by atoms with van der Waals surface area (Å²) in [4.78, 5) is 4.86. The molecule has 118 valence electrons. The fourth-order valence-electron chi connectivity index (χ4n) is 2.67. The van der Waals surface area contributed by atoms with Crippen LogP contribution in [0, 0.1) is 5.41 Å². The van der Waals surface area contributed by atoms with Crippen LogP contribution in [0.3, 0.4) is 0 Å². The van der Waals surface area contributed by atoms with Crippen LogP contribution in [-0.4, -0.2) is 55.9 Å². The molecule has 1 saturated heterocycles. The first-order valence-corrected chi connectivity index (χ1v) is 7.72. The molecule has 0 bridgehead atoms. The van der Waals surface area contributed by atoms with Crippen LogP contribution in [0.4, 0.5) is 5.69 Å². The summed E-state index contributed by atoms with van der Waals surface area (Å²) in [5.41, 5.74) is 1.20. The first kappa shape index (κ1) is 16.1. The molecule has 1 atom stereocenters. The molecule has 1 fully saturated rings. The van der Waals surface area contributed by atoms with Gasteiger partial charge in [0, 0.05) is 43.8 Å². The molecular formula is C17H28N2O2. The number of ether oxygens (including phenoxy) is 1. The van der Waals surface area contributed by atoms with E-state index in [0.29, 0.717) is 0 Å². The van der Waals surface area contributed by atoms with Crippen LogP contribution in [0.15, 0.2) is 24.3 Å². The zero-order chi connectivity index (χ0) is 15.5. The number of benzene rings is 1. The third kappa shape index (κ3) is 4.11. The highest BCUT2D eigenvalue weighted by Gasteiger charge is 2.28. The average Bonchev–Trinajstić information content (AvgIpc) is 2.48. The van der Waals surface area contributed by atoms with Crippen molar-refractivity contribution >= 4 is 5.69 Å². The van der Waals surface area contributed by atoms with Gasteiger partial charge >= 0.3 is 0 Å². The standard InChI is InChI=1S/C17H28N2O2/c1-14(20)17(2,3)13-18-9-11-19(12-10-18)15-5-7-16(21-4)8-6-15/h5-8,14,20H,9-13H2,1-4H3. The number of nitrogens with zero attached hydrogens (tertiary/aromatic N) is 2. The van der Waals surface area contributed by atoms with E-state index in [9.17, 15) is 5.11 Å². The third-order valence-corrected chi connectivity index (χ3v) is 4.57. The summed E-state index contributed by atoms with van der Waals surface area (Å²) in [5, 5.41) is 9.84. The molecule has 1 heterocycles. The number of aliphatic hydroxyl groups is 1. The maximum Gasteiger partial charge on any atom is 0.119 e. The number of piperazine rings is 1. The summed E-state index contributed by atoms with van der Waals surface area (Å²) in [7, 11) is 1.69. The Bertz CT molecular complexity index is 435. The Morgan fingerprint density at radius 2 is 1.71 bits per heavy atom. The smallest absolute Gasteiger partial charge is 0.119 e. The third-order valence-electron chi connectivity index (χ3n) is 4.57. The van der Waals surface area contributed by atoms with Crippen molar-refractivity contribution in [2.75, 3.05) is 44.7 Å². The van der Waals surface area contributed by atoms with Gasteiger partial charge in [-0.25, -0.2) is 0 Å². The number of methoxy groups -OCH3 is 1. The van der Waals surface area contributed by atoms with Gasteiger partial charge in [-0.3, -0.25) is 4.90 Å². The normalized spacial score (nSPS) is 18.6. The molecule has 0 saturated carbocycles. The monoisotopic (exact) mass is 292 g/mol. The number of aliphatic hydroxyl groups excluding tert-OH is 1. The summed E-state index contributed by atoms with van der Waals surface area (Å²) >= 11 is 0. The van der Waals surface area contributed by atoms with Crippen molar-refractivity contribution in [1.29, 1.82) is 0 Å². The van der Waals surface area contributed by atoms with E-state index >= 15 is 0 Å². The van der Waals surface area contributed by atoms with Crippen LogP contribution in [-0.2, 0) is 0 Å². The summed E-state index contributed by atoms with van der Waals surface area (Å²) in [5.74, 6) is 0.899. The van der Waals surface area contributed by atoms with Gasteiger partial charge in [0.05, 0.1) is 13.2 Å². The van der Waals surface area contributed by atoms with E-state index in [1.165, 1.54) is 5.69 Å². The Morgan fingerprint density at radius 1 is 1.14 bits per heavy atom. The minimum atomic E-state index is -0.280. The number of hydrogen-bond donors (Lipinski definition) is 1. The van der Waals surface area contributed by atoms with Crippen LogP contribution in [0.1, 0.15) is 20.8 Å². The van der Waals surface area contributed by atoms with Crippen molar-refractivity contribution < 1.29 is 9.84 Å². The molecule has 1 aliphatic heterocycles. The quantitative estimate of drug-likeness (QED) is 0.903. The van der Waals surface area contributed by atoms with Gasteiger partial charge in [-0.05, 0) is 31.2 Å². The van der Waals surface area contributed by atoms with Crippen molar-refractivity contribution in [2.45, 2.75) is 26.9 Å². The topological polar surface area (TPSA) is 35.9 Å². The summed E-state index contributed by atoms with van der Waals surface area (Å²) in [6.07, 6.45) is -0.280. The van der Waals surface area contributed by atoms with E-state index in [4.69, 9.17) is 4.74 Å². The summed E-state index contributed by atoms with van der Waals surface area (Å²) in [6, 6.07) is 8.26. The van der Waals surface area contributed by atoms with Crippen LogP contribution in [0.2, 0.25) is 0 Å². The molecule has 1 aromatic rings. The molecule has 1 N–H and O–H groups in total. The van der Waals surface area contributed by atoms with Crippen LogP contribution >= 0.6 is 0 Å². The molecule has 2 rings (SSSR count). The zero-order valence-corrected chi connectivity index (χ0v) is 13.7. The Hall–Kier alpha value is -1.26. The Morgan fingerprint density at radius 3 is 2.19 bits per heavy atom. The summed E-state index contributed by atoms with van der Waals surface area (Å²) in [6.45, 7) is 11.2. The Balaban J connectivity index is 1.88. The minimum absolute atomic E-state index is 0.0533. The first-order valence-electron chi connectivity index (χ1n) is 7.72. The van der Waals surface area contributed by atoms with Gasteiger partial charge in [0.2, 0.25) is 0 Å². The van der Waals surface area contributed by atoms with Gasteiger partial charge in [-0.2, -0.15) is 0 Å². The maximum atomic E-state index is 9.84. The van der Waals surface area contributed by atoms with Gasteiger partial charge in [0.15, 0.2) is 0 Å². The van der Waals surface area contributed by atoms with E-state index in [2.05, 4.69) is 35.8 Å². The second-order valence-electron chi connectivity index (χ2n) is 6.63. The Kier molecular flexibility index (Phi) is 5.12. The predicted molar refractivity (Wildman–Crippen MR) is 87.1 cm³/mol. The van der Waals surface area contributed by atoms with Gasteiger partial charge in [0.25, 0.3) is 0 Å². The molecular weight excluding hydrogens is 264 g/mol. The largest absolute Gasteiger partial charge is 0.497 e. The molecule has 21 heavy (non-hydrogen) atoms. The number of hydrogen-bond acceptors (Lipinski definition) is 4. The van der Waals surface area contributed by atoms with Crippen molar-refractivity contribution in [2.24, 2.45) is 5.41 Å². The van der Waals surface area contributed by atoms with E-state index in [1.54, 1.807) is 7.11 Å². The van der Waals surface area contributed by atoms with Gasteiger partial charge in [-0.1, -0.05) is 13.8 Å². The molecule has 4 nitrogen and oxygen atoms in total. The van der Waals surface area contributed by atoms with E-state index < -0.39 is 0 Å². The lowest BCUT2D eigenvalue weighted by Crippen LogP contribution is -2.50. The lowest BCUT2D eigenvalue weighted by atomic mass is 9.86. The molecule has 1 aliphatic rings. The van der Waals surface area contributed by atoms with Gasteiger partial charge in [-0.15, -0.1) is 0 Å². The second kappa shape index (κ2) is 6.67. The second-order valence-corrected chi connectivity index (χ2v) is 6.63. The molecule has 1 aromatic carbocycles. The van der Waals surface area contributed by atoms with Crippen LogP contribution in [0.25, 0.3) is 0 Å². The van der Waals surface area contributed by atoms with Crippen molar-refractivity contribution in [3.63, 3.8) is 0 Å². The molecule has 0 spiro atoms. The Labute approximate surface area is 128 Å². The average molecular weight is 292 g/mol. The number of anilines is 1. The molecule has 0 radical (unpaired) electrons. The maximum absolute atomic E-state index is 9.84. The van der Waals surface area contributed by atoms with Crippen molar-refractivity contribution in [3.8, 4) is 5.75 Å². The molecule has 0 amide bonds. The highest BCUT2D eigenvalue weighted by Crippen LogP contribution is 2.24. The fourth-order valence-corrected chi connectivity index (χ4v) is 2.67. The molecule has 0 aromatic heterocycles. The first-order chi connectivity index (χ1) is 9.92. The molecule has 4 heteroatoms.